The Balaban J connectivity index is 2.09. The number of nitrogens with zero attached hydrogens (tertiary/aromatic N) is 2. The number of phenolic OH excluding ortho intramolecular Hbond substituents is 1. The first-order valence-electron chi connectivity index (χ1n) is 7.91. The zero-order valence-corrected chi connectivity index (χ0v) is 13.2. The van der Waals surface area contributed by atoms with E-state index in [4.69, 9.17) is 4.74 Å². The van der Waals surface area contributed by atoms with E-state index in [9.17, 15) is 20.0 Å². The van der Waals surface area contributed by atoms with Gasteiger partial charge in [0.05, 0.1) is 16.6 Å². The van der Waals surface area contributed by atoms with Gasteiger partial charge < -0.3 is 14.7 Å². The molecule has 1 fully saturated rings. The predicted molar refractivity (Wildman–Crippen MR) is 84.5 cm³/mol. The van der Waals surface area contributed by atoms with Crippen molar-refractivity contribution in [3.63, 3.8) is 0 Å². The molecule has 0 bridgehead atoms. The molecule has 1 aliphatic rings. The number of carbonyl (C=O) groups is 1. The van der Waals surface area contributed by atoms with Crippen LogP contribution in [0.3, 0.4) is 0 Å². The number of para-hydroxylation sites is 1. The smallest absolute Gasteiger partial charge is 0.311 e. The summed E-state index contributed by atoms with van der Waals surface area (Å²) in [4.78, 5) is 24.4. The highest BCUT2D eigenvalue weighted by molar-refractivity contribution is 5.98. The van der Waals surface area contributed by atoms with Gasteiger partial charge in [0.2, 0.25) is 5.75 Å². The molecule has 0 spiro atoms. The van der Waals surface area contributed by atoms with Gasteiger partial charge in [0.1, 0.15) is 0 Å². The van der Waals surface area contributed by atoms with E-state index in [1.165, 1.54) is 18.2 Å². The molecule has 1 aliphatic heterocycles. The van der Waals surface area contributed by atoms with Gasteiger partial charge in [-0.1, -0.05) is 13.0 Å². The molecule has 7 nitrogen and oxygen atoms in total. The third-order valence-electron chi connectivity index (χ3n) is 3.96. The maximum atomic E-state index is 12.6. The Morgan fingerprint density at radius 2 is 2.22 bits per heavy atom. The summed E-state index contributed by atoms with van der Waals surface area (Å²) in [5.41, 5.74) is -0.470. The van der Waals surface area contributed by atoms with Crippen molar-refractivity contribution in [3.05, 3.63) is 33.9 Å². The van der Waals surface area contributed by atoms with Gasteiger partial charge in [-0.25, -0.2) is 0 Å². The Kier molecular flexibility index (Phi) is 5.92. The second-order valence-corrected chi connectivity index (χ2v) is 5.65. The van der Waals surface area contributed by atoms with Crippen LogP contribution in [0.15, 0.2) is 18.2 Å². The zero-order chi connectivity index (χ0) is 16.8. The Morgan fingerprint density at radius 3 is 2.91 bits per heavy atom. The molecule has 0 aliphatic carbocycles. The van der Waals surface area contributed by atoms with Crippen molar-refractivity contribution in [3.8, 4) is 5.75 Å². The topological polar surface area (TPSA) is 92.9 Å². The predicted octanol–water partition coefficient (Wildman–Crippen LogP) is 2.72. The number of phenols is 1. The quantitative estimate of drug-likeness (QED) is 0.664. The largest absolute Gasteiger partial charge is 0.502 e. The van der Waals surface area contributed by atoms with Gasteiger partial charge in [-0.2, -0.15) is 0 Å². The van der Waals surface area contributed by atoms with Crippen molar-refractivity contribution in [2.24, 2.45) is 0 Å². The highest BCUT2D eigenvalue weighted by Crippen LogP contribution is 2.30. The molecule has 1 saturated heterocycles. The van der Waals surface area contributed by atoms with Crippen LogP contribution in [0.1, 0.15) is 43.0 Å². The van der Waals surface area contributed by atoms with E-state index in [0.717, 1.165) is 25.7 Å². The molecule has 7 heteroatoms. The summed E-state index contributed by atoms with van der Waals surface area (Å²) in [5.74, 6) is -0.937. The number of amides is 1. The molecule has 2 rings (SSSR count). The lowest BCUT2D eigenvalue weighted by Crippen LogP contribution is -2.32. The second kappa shape index (κ2) is 7.92. The summed E-state index contributed by atoms with van der Waals surface area (Å²) in [6, 6.07) is 4.01. The van der Waals surface area contributed by atoms with Crippen LogP contribution in [-0.2, 0) is 4.74 Å². The average molecular weight is 322 g/mol. The van der Waals surface area contributed by atoms with E-state index >= 15 is 0 Å². The second-order valence-electron chi connectivity index (χ2n) is 5.65. The normalized spacial score (nSPS) is 18.5. The first-order valence-corrected chi connectivity index (χ1v) is 7.91. The van der Waals surface area contributed by atoms with Gasteiger partial charge in [-0.15, -0.1) is 0 Å². The number of hydrogen-bond acceptors (Lipinski definition) is 5. The maximum Gasteiger partial charge on any atom is 0.311 e. The minimum atomic E-state index is -0.691. The number of rotatable bonds is 5. The number of aromatic hydroxyl groups is 1. The van der Waals surface area contributed by atoms with Crippen molar-refractivity contribution >= 4 is 11.6 Å². The van der Waals surface area contributed by atoms with Crippen molar-refractivity contribution in [2.75, 3.05) is 19.7 Å². The number of nitro groups is 1. The van der Waals surface area contributed by atoms with Crippen LogP contribution in [0.2, 0.25) is 0 Å². The van der Waals surface area contributed by atoms with Gasteiger partial charge in [0.15, 0.2) is 0 Å². The van der Waals surface area contributed by atoms with Crippen molar-refractivity contribution < 1.29 is 19.6 Å². The summed E-state index contributed by atoms with van der Waals surface area (Å²) in [6.45, 7) is 3.85. The van der Waals surface area contributed by atoms with E-state index in [1.54, 1.807) is 4.90 Å². The zero-order valence-electron chi connectivity index (χ0n) is 13.2. The van der Waals surface area contributed by atoms with Crippen LogP contribution in [0.5, 0.6) is 5.75 Å². The minimum Gasteiger partial charge on any atom is -0.502 e. The van der Waals surface area contributed by atoms with Crippen molar-refractivity contribution in [1.29, 1.82) is 0 Å². The first kappa shape index (κ1) is 17.2. The molecule has 1 aromatic rings. The summed E-state index contributed by atoms with van der Waals surface area (Å²) < 4.78 is 5.74. The standard InChI is InChI=1S/C16H22N2O5/c1-2-11-23-12-5-4-9-17(10-8-12)16(20)13-6-3-7-14(15(13)19)18(21)22/h3,6-7,12,19H,2,4-5,8-11H2,1H3/t12-/m1/s1. The average Bonchev–Trinajstić information content (AvgIpc) is 2.77. The molecule has 1 atom stereocenters. The molecule has 126 valence electrons. The number of hydrogen-bond donors (Lipinski definition) is 1. The van der Waals surface area contributed by atoms with Gasteiger partial charge in [-0.05, 0) is 31.7 Å². The highest BCUT2D eigenvalue weighted by Gasteiger charge is 2.26. The van der Waals surface area contributed by atoms with Crippen LogP contribution in [0.25, 0.3) is 0 Å². The third kappa shape index (κ3) is 4.19. The monoisotopic (exact) mass is 322 g/mol. The molecule has 23 heavy (non-hydrogen) atoms. The van der Waals surface area contributed by atoms with Crippen molar-refractivity contribution in [1.82, 2.24) is 4.90 Å². The molecule has 0 aromatic heterocycles. The summed E-state index contributed by atoms with van der Waals surface area (Å²) >= 11 is 0. The fourth-order valence-electron chi connectivity index (χ4n) is 2.74. The SMILES string of the molecule is CCCO[C@@H]1CCCN(C(=O)c2cccc([N+](=O)[O-])c2O)CC1. The van der Waals surface area contributed by atoms with E-state index < -0.39 is 16.4 Å². The van der Waals surface area contributed by atoms with Crippen LogP contribution < -0.4 is 0 Å². The third-order valence-corrected chi connectivity index (χ3v) is 3.96. The lowest BCUT2D eigenvalue weighted by atomic mass is 10.1. The van der Waals surface area contributed by atoms with Crippen LogP contribution in [0, 0.1) is 10.1 Å². The van der Waals surface area contributed by atoms with Gasteiger partial charge >= 0.3 is 5.69 Å². The summed E-state index contributed by atoms with van der Waals surface area (Å²) in [5, 5.41) is 20.9. The highest BCUT2D eigenvalue weighted by atomic mass is 16.6. The van der Waals surface area contributed by atoms with Crippen LogP contribution in [0.4, 0.5) is 5.69 Å². The van der Waals surface area contributed by atoms with Crippen molar-refractivity contribution in [2.45, 2.75) is 38.7 Å². The Hall–Kier alpha value is -2.15. The molecule has 0 radical (unpaired) electrons. The van der Waals surface area contributed by atoms with Gasteiger partial charge in [-0.3, -0.25) is 14.9 Å². The number of likely N-dealkylation sites (tertiary alicyclic amines) is 1. The molecule has 0 unspecified atom stereocenters. The molecular formula is C16H22N2O5. The Bertz CT molecular complexity index is 576. The Morgan fingerprint density at radius 1 is 1.43 bits per heavy atom. The van der Waals surface area contributed by atoms with Crippen LogP contribution in [-0.4, -0.2) is 46.6 Å². The van der Waals surface area contributed by atoms with Gasteiger partial charge in [0, 0.05) is 25.8 Å². The molecule has 1 N–H and O–H groups in total. The van der Waals surface area contributed by atoms with E-state index in [2.05, 4.69) is 6.92 Å². The Labute approximate surface area is 135 Å². The number of ether oxygens (including phenoxy) is 1. The van der Waals surface area contributed by atoms with E-state index in [-0.39, 0.29) is 17.6 Å². The molecular weight excluding hydrogens is 300 g/mol. The lowest BCUT2D eigenvalue weighted by molar-refractivity contribution is -0.385. The fraction of sp³-hybridized carbons (Fsp3) is 0.562. The molecule has 0 saturated carbocycles. The number of benzene rings is 1. The minimum absolute atomic E-state index is 0.0212. The maximum absolute atomic E-state index is 12.6. The molecule has 1 heterocycles. The molecule has 1 amide bonds. The number of nitro benzene ring substituents is 1. The summed E-state index contributed by atoms with van der Waals surface area (Å²) in [6.07, 6.45) is 3.55. The van der Waals surface area contributed by atoms with E-state index in [1.807, 2.05) is 0 Å². The lowest BCUT2D eigenvalue weighted by Gasteiger charge is -2.21. The van der Waals surface area contributed by atoms with Gasteiger partial charge in [0.25, 0.3) is 5.91 Å². The van der Waals surface area contributed by atoms with E-state index in [0.29, 0.717) is 19.7 Å². The summed E-state index contributed by atoms with van der Waals surface area (Å²) in [7, 11) is 0. The first-order chi connectivity index (χ1) is 11.0. The number of carbonyl (C=O) groups excluding carboxylic acids is 1. The fourth-order valence-corrected chi connectivity index (χ4v) is 2.74. The molecule has 1 aromatic carbocycles. The van der Waals surface area contributed by atoms with Crippen LogP contribution >= 0.6 is 0 Å².